The van der Waals surface area contributed by atoms with Gasteiger partial charge >= 0.3 is 0 Å². The summed E-state index contributed by atoms with van der Waals surface area (Å²) in [6.07, 6.45) is 0. The highest BCUT2D eigenvalue weighted by Gasteiger charge is 2.25. The maximum Gasteiger partial charge on any atom is 0.137 e. The fourth-order valence-corrected chi connectivity index (χ4v) is 8.52. The molecule has 0 N–H and O–H groups in total. The molecule has 8 aromatic carbocycles. The van der Waals surface area contributed by atoms with Crippen LogP contribution in [0.15, 0.2) is 191 Å². The largest absolute Gasteiger partial charge is 0.456 e. The van der Waals surface area contributed by atoms with Crippen LogP contribution in [0, 0.1) is 0 Å². The Hall–Kier alpha value is -7.24. The Morgan fingerprint density at radius 1 is 0.382 bits per heavy atom. The van der Waals surface area contributed by atoms with E-state index in [1.165, 1.54) is 16.3 Å². The molecule has 0 radical (unpaired) electrons. The zero-order valence-electron chi connectivity index (χ0n) is 30.2. The molecule has 5 heteroatoms. The number of rotatable bonds is 7. The second-order valence-electron chi connectivity index (χ2n) is 14.0. The predicted octanol–water partition coefficient (Wildman–Crippen LogP) is 14.6. The van der Waals surface area contributed by atoms with Gasteiger partial charge in [0, 0.05) is 73.2 Å². The van der Waals surface area contributed by atoms with Crippen LogP contribution in [0.4, 0.5) is 34.1 Å². The first-order chi connectivity index (χ1) is 27.2. The number of nitrogens with zero attached hydrogens (tertiary/aromatic N) is 3. The summed E-state index contributed by atoms with van der Waals surface area (Å²) >= 11 is 0. The summed E-state index contributed by atoms with van der Waals surface area (Å²) in [6.45, 7) is 3.05. The summed E-state index contributed by atoms with van der Waals surface area (Å²) in [6, 6.07) is 64.5. The van der Waals surface area contributed by atoms with E-state index in [4.69, 9.17) is 8.83 Å². The van der Waals surface area contributed by atoms with Crippen LogP contribution in [0.2, 0.25) is 0 Å². The lowest BCUT2D eigenvalue weighted by Gasteiger charge is -2.30. The van der Waals surface area contributed by atoms with Gasteiger partial charge < -0.3 is 23.2 Å². The molecule has 0 bridgehead atoms. The Labute approximate surface area is 317 Å². The molecule has 0 aliphatic carbocycles. The van der Waals surface area contributed by atoms with E-state index < -0.39 is 0 Å². The number of benzene rings is 8. The molecule has 0 spiro atoms. The molecule has 0 atom stereocenters. The zero-order valence-corrected chi connectivity index (χ0v) is 30.2. The third-order valence-electron chi connectivity index (χ3n) is 10.9. The van der Waals surface area contributed by atoms with Crippen LogP contribution in [-0.2, 0) is 6.54 Å². The number of aromatic nitrogens is 1. The zero-order chi connectivity index (χ0) is 36.5. The van der Waals surface area contributed by atoms with Crippen molar-refractivity contribution in [2.24, 2.45) is 0 Å². The fourth-order valence-electron chi connectivity index (χ4n) is 8.52. The van der Waals surface area contributed by atoms with Crippen molar-refractivity contribution in [1.82, 2.24) is 4.57 Å². The third-order valence-corrected chi connectivity index (χ3v) is 10.9. The van der Waals surface area contributed by atoms with Crippen molar-refractivity contribution < 1.29 is 8.83 Å². The van der Waals surface area contributed by atoms with Gasteiger partial charge in [-0.1, -0.05) is 91.0 Å². The first-order valence-corrected chi connectivity index (χ1v) is 18.8. The van der Waals surface area contributed by atoms with Gasteiger partial charge in [0.1, 0.15) is 22.3 Å². The molecule has 11 rings (SSSR count). The Morgan fingerprint density at radius 3 is 1.65 bits per heavy atom. The smallest absolute Gasteiger partial charge is 0.137 e. The summed E-state index contributed by atoms with van der Waals surface area (Å²) in [4.78, 5) is 4.76. The Balaban J connectivity index is 1.23. The molecule has 55 heavy (non-hydrogen) atoms. The van der Waals surface area contributed by atoms with E-state index in [0.29, 0.717) is 0 Å². The lowest BCUT2D eigenvalue weighted by molar-refractivity contribution is 0.668. The number of hydrogen-bond acceptors (Lipinski definition) is 4. The fraction of sp³-hybridized carbons (Fsp3) is 0.0400. The molecule has 3 heterocycles. The highest BCUT2D eigenvalue weighted by molar-refractivity contribution is 6.18. The van der Waals surface area contributed by atoms with E-state index >= 15 is 0 Å². The van der Waals surface area contributed by atoms with Gasteiger partial charge in [0.25, 0.3) is 0 Å². The number of furan rings is 2. The van der Waals surface area contributed by atoms with Gasteiger partial charge in [-0.25, -0.2) is 0 Å². The van der Waals surface area contributed by atoms with Gasteiger partial charge in [-0.05, 0) is 91.9 Å². The molecular formula is C50H35N3O2. The molecule has 0 aliphatic rings. The lowest BCUT2D eigenvalue weighted by Crippen LogP contribution is -2.14. The maximum absolute atomic E-state index is 6.45. The second kappa shape index (κ2) is 12.4. The molecule has 262 valence electrons. The summed E-state index contributed by atoms with van der Waals surface area (Å²) in [5, 5.41) is 6.82. The molecule has 0 fully saturated rings. The number of fused-ring (bicyclic) bond motifs is 9. The molecule has 5 nitrogen and oxygen atoms in total. The number of hydrogen-bond donors (Lipinski definition) is 0. The topological polar surface area (TPSA) is 37.7 Å². The van der Waals surface area contributed by atoms with Gasteiger partial charge in [0.2, 0.25) is 0 Å². The van der Waals surface area contributed by atoms with E-state index in [2.05, 4.69) is 179 Å². The predicted molar refractivity (Wildman–Crippen MR) is 229 cm³/mol. The van der Waals surface area contributed by atoms with Crippen LogP contribution in [0.25, 0.3) is 65.7 Å². The summed E-state index contributed by atoms with van der Waals surface area (Å²) in [5.41, 5.74) is 12.2. The molecule has 0 unspecified atom stereocenters. The van der Waals surface area contributed by atoms with E-state index in [0.717, 1.165) is 90.1 Å². The van der Waals surface area contributed by atoms with Crippen LogP contribution >= 0.6 is 0 Å². The highest BCUT2D eigenvalue weighted by Crippen LogP contribution is 2.48. The molecule has 0 saturated carbocycles. The average Bonchev–Trinajstić information content (AvgIpc) is 3.91. The molecule has 0 aliphatic heterocycles. The summed E-state index contributed by atoms with van der Waals surface area (Å²) in [5.74, 6) is 0. The lowest BCUT2D eigenvalue weighted by atomic mass is 10.0. The second-order valence-corrected chi connectivity index (χ2v) is 14.0. The Bertz CT molecular complexity index is 3210. The van der Waals surface area contributed by atoms with Crippen molar-refractivity contribution in [3.8, 4) is 0 Å². The minimum atomic E-state index is 0.821. The average molecular weight is 710 g/mol. The van der Waals surface area contributed by atoms with Crippen molar-refractivity contribution in [1.29, 1.82) is 0 Å². The van der Waals surface area contributed by atoms with Crippen molar-refractivity contribution in [2.45, 2.75) is 13.5 Å². The van der Waals surface area contributed by atoms with Gasteiger partial charge in [-0.3, -0.25) is 0 Å². The van der Waals surface area contributed by atoms with Crippen molar-refractivity contribution >= 4 is 99.8 Å². The number of aryl methyl sites for hydroxylation is 1. The van der Waals surface area contributed by atoms with Crippen molar-refractivity contribution in [3.05, 3.63) is 182 Å². The summed E-state index contributed by atoms with van der Waals surface area (Å²) < 4.78 is 15.2. The van der Waals surface area contributed by atoms with Gasteiger partial charge in [-0.2, -0.15) is 0 Å². The first kappa shape index (κ1) is 31.3. The molecule has 11 aromatic rings. The van der Waals surface area contributed by atoms with Crippen LogP contribution in [0.1, 0.15) is 6.92 Å². The van der Waals surface area contributed by atoms with E-state index in [1.807, 2.05) is 24.3 Å². The summed E-state index contributed by atoms with van der Waals surface area (Å²) in [7, 11) is 0. The van der Waals surface area contributed by atoms with Gasteiger partial charge in [0.05, 0.1) is 16.9 Å². The third kappa shape index (κ3) is 4.94. The van der Waals surface area contributed by atoms with E-state index in [9.17, 15) is 0 Å². The van der Waals surface area contributed by atoms with Crippen molar-refractivity contribution in [3.63, 3.8) is 0 Å². The Morgan fingerprint density at radius 2 is 0.927 bits per heavy atom. The Kier molecular flexibility index (Phi) is 7.07. The monoisotopic (exact) mass is 709 g/mol. The molecular weight excluding hydrogens is 675 g/mol. The maximum atomic E-state index is 6.45. The minimum absolute atomic E-state index is 0.821. The van der Waals surface area contributed by atoms with Gasteiger partial charge in [-0.15, -0.1) is 0 Å². The van der Waals surface area contributed by atoms with Crippen molar-refractivity contribution in [2.75, 3.05) is 9.80 Å². The van der Waals surface area contributed by atoms with E-state index in [1.54, 1.807) is 0 Å². The number of anilines is 6. The van der Waals surface area contributed by atoms with Crippen LogP contribution in [0.3, 0.4) is 0 Å². The standard InChI is InChI=1S/C50H35N3O2/c1-2-51-43-22-12-9-21-41(43)50-44(51)30-37(52(33-15-5-3-6-16-33)36-25-27-40-38-19-10-13-23-46(38)55-49(40)32-36)31-45(50)53(34-17-7-4-8-18-34)35-26-28-48-42(29-35)39-20-11-14-24-47(39)54-48/h3-32H,2H2,1H3. The van der Waals surface area contributed by atoms with Crippen LogP contribution in [0.5, 0.6) is 0 Å². The quantitative estimate of drug-likeness (QED) is 0.165. The van der Waals surface area contributed by atoms with Crippen LogP contribution in [-0.4, -0.2) is 4.57 Å². The van der Waals surface area contributed by atoms with Gasteiger partial charge in [0.15, 0.2) is 0 Å². The minimum Gasteiger partial charge on any atom is -0.456 e. The first-order valence-electron chi connectivity index (χ1n) is 18.8. The molecule has 0 saturated heterocycles. The molecule has 0 amide bonds. The van der Waals surface area contributed by atoms with E-state index in [-0.39, 0.29) is 0 Å². The SMILES string of the molecule is CCn1c2ccccc2c2c(N(c3ccccc3)c3ccc4oc5ccccc5c4c3)cc(N(c3ccccc3)c3ccc4c(c3)oc3ccccc34)cc21. The highest BCUT2D eigenvalue weighted by atomic mass is 16.3. The number of para-hydroxylation sites is 5. The normalized spacial score (nSPS) is 11.8. The van der Waals surface area contributed by atoms with Crippen LogP contribution < -0.4 is 9.80 Å². The molecule has 3 aromatic heterocycles.